The summed E-state index contributed by atoms with van der Waals surface area (Å²) in [6, 6.07) is 0. The van der Waals surface area contributed by atoms with E-state index >= 15 is 0 Å². The molecule has 2 saturated heterocycles. The first-order chi connectivity index (χ1) is 9.23. The van der Waals surface area contributed by atoms with Gasteiger partial charge in [0.2, 0.25) is 0 Å². The van der Waals surface area contributed by atoms with Crippen molar-refractivity contribution in [3.05, 3.63) is 11.6 Å². The molecule has 1 aromatic rings. The Kier molecular flexibility index (Phi) is 4.03. The fourth-order valence-corrected chi connectivity index (χ4v) is 5.32. The molecule has 0 aliphatic carbocycles. The average Bonchev–Trinajstić information content (AvgIpc) is 3.09. The average molecular weight is 298 g/mol. The number of nitrogens with two attached hydrogens (primary N) is 1. The minimum atomic E-state index is 0.249. The zero-order valence-corrected chi connectivity index (χ0v) is 13.1. The molecule has 1 aromatic heterocycles. The van der Waals surface area contributed by atoms with Crippen molar-refractivity contribution in [1.82, 2.24) is 9.88 Å². The largest absolute Gasteiger partial charge is 0.346 e. The third kappa shape index (κ3) is 2.63. The molecule has 0 spiro atoms. The van der Waals surface area contributed by atoms with Gasteiger partial charge in [0.05, 0.1) is 0 Å². The first kappa shape index (κ1) is 13.7. The molecule has 2 aliphatic heterocycles. The lowest BCUT2D eigenvalue weighted by atomic mass is 9.93. The fraction of sp³-hybridized carbons (Fsp3) is 0.769. The van der Waals surface area contributed by atoms with E-state index in [1.807, 2.05) is 6.20 Å². The first-order valence-electron chi connectivity index (χ1n) is 6.95. The number of anilines is 1. The second-order valence-corrected chi connectivity index (χ2v) is 7.84. The van der Waals surface area contributed by atoms with E-state index in [0.29, 0.717) is 0 Å². The van der Waals surface area contributed by atoms with Gasteiger partial charge >= 0.3 is 0 Å². The summed E-state index contributed by atoms with van der Waals surface area (Å²) in [5.41, 5.74) is 6.36. The lowest BCUT2D eigenvalue weighted by Crippen LogP contribution is -2.60. The molecular formula is C13H22N4S2. The summed E-state index contributed by atoms with van der Waals surface area (Å²) in [5, 5.41) is 3.97. The molecular weight excluding hydrogens is 276 g/mol. The quantitative estimate of drug-likeness (QED) is 0.916. The molecule has 4 nitrogen and oxygen atoms in total. The minimum Gasteiger partial charge on any atom is -0.346 e. The van der Waals surface area contributed by atoms with Gasteiger partial charge in [-0.2, -0.15) is 11.8 Å². The molecule has 2 fully saturated rings. The Labute approximate surface area is 123 Å². The van der Waals surface area contributed by atoms with Crippen molar-refractivity contribution in [3.63, 3.8) is 0 Å². The maximum absolute atomic E-state index is 6.11. The van der Waals surface area contributed by atoms with Crippen LogP contribution in [0.25, 0.3) is 0 Å². The van der Waals surface area contributed by atoms with E-state index in [1.165, 1.54) is 12.2 Å². The zero-order valence-electron chi connectivity index (χ0n) is 11.4. The Hall–Kier alpha value is -0.300. The highest BCUT2D eigenvalue weighted by Crippen LogP contribution is 2.38. The Morgan fingerprint density at radius 3 is 2.74 bits per heavy atom. The summed E-state index contributed by atoms with van der Waals surface area (Å²) in [6.07, 6.45) is 3.13. The lowest BCUT2D eigenvalue weighted by molar-refractivity contribution is 0.105. The van der Waals surface area contributed by atoms with Crippen molar-refractivity contribution >= 4 is 28.2 Å². The second kappa shape index (κ2) is 5.60. The Morgan fingerprint density at radius 2 is 2.21 bits per heavy atom. The summed E-state index contributed by atoms with van der Waals surface area (Å²) in [4.78, 5) is 9.44. The molecule has 106 valence electrons. The highest BCUT2D eigenvalue weighted by Gasteiger charge is 2.42. The highest BCUT2D eigenvalue weighted by atomic mass is 32.2. The molecule has 2 atom stereocenters. The van der Waals surface area contributed by atoms with Crippen LogP contribution in [-0.2, 0) is 0 Å². The van der Waals surface area contributed by atoms with Crippen molar-refractivity contribution in [2.24, 2.45) is 5.73 Å². The van der Waals surface area contributed by atoms with E-state index in [2.05, 4.69) is 38.8 Å². The van der Waals surface area contributed by atoms with Crippen LogP contribution in [-0.4, -0.2) is 59.1 Å². The van der Waals surface area contributed by atoms with Gasteiger partial charge in [0.15, 0.2) is 5.13 Å². The van der Waals surface area contributed by atoms with Gasteiger partial charge < -0.3 is 10.6 Å². The van der Waals surface area contributed by atoms with Crippen LogP contribution in [0.1, 0.15) is 13.3 Å². The number of aromatic nitrogens is 1. The van der Waals surface area contributed by atoms with Gasteiger partial charge in [-0.25, -0.2) is 4.98 Å². The summed E-state index contributed by atoms with van der Waals surface area (Å²) >= 11 is 3.81. The van der Waals surface area contributed by atoms with Gasteiger partial charge in [0, 0.05) is 60.8 Å². The lowest BCUT2D eigenvalue weighted by Gasteiger charge is -2.45. The number of thioether (sulfide) groups is 1. The first-order valence-corrected chi connectivity index (χ1v) is 8.87. The topological polar surface area (TPSA) is 45.4 Å². The van der Waals surface area contributed by atoms with Gasteiger partial charge in [0.1, 0.15) is 0 Å². The van der Waals surface area contributed by atoms with Crippen molar-refractivity contribution < 1.29 is 0 Å². The summed E-state index contributed by atoms with van der Waals surface area (Å²) in [7, 11) is 0. The van der Waals surface area contributed by atoms with E-state index in [0.717, 1.165) is 43.1 Å². The van der Waals surface area contributed by atoms with E-state index in [1.54, 1.807) is 11.3 Å². The predicted molar refractivity (Wildman–Crippen MR) is 84.2 cm³/mol. The number of nitrogens with zero attached hydrogens (tertiary/aromatic N) is 3. The van der Waals surface area contributed by atoms with E-state index in [9.17, 15) is 0 Å². The van der Waals surface area contributed by atoms with Crippen molar-refractivity contribution in [1.29, 1.82) is 0 Å². The van der Waals surface area contributed by atoms with Crippen LogP contribution in [0.3, 0.4) is 0 Å². The van der Waals surface area contributed by atoms with Crippen molar-refractivity contribution in [2.45, 2.75) is 24.1 Å². The van der Waals surface area contributed by atoms with E-state index in [-0.39, 0.29) is 5.54 Å². The van der Waals surface area contributed by atoms with Crippen molar-refractivity contribution in [3.8, 4) is 0 Å². The molecule has 3 rings (SSSR count). The summed E-state index contributed by atoms with van der Waals surface area (Å²) in [5.74, 6) is 1.20. The van der Waals surface area contributed by atoms with Crippen LogP contribution in [0.2, 0.25) is 0 Å². The van der Waals surface area contributed by atoms with E-state index < -0.39 is 0 Å². The molecule has 0 aromatic carbocycles. The number of rotatable bonds is 3. The molecule has 0 amide bonds. The normalized spacial score (nSPS) is 32.9. The minimum absolute atomic E-state index is 0.249. The number of thiazole rings is 1. The van der Waals surface area contributed by atoms with E-state index in [4.69, 9.17) is 5.73 Å². The molecule has 0 bridgehead atoms. The van der Waals surface area contributed by atoms with Crippen LogP contribution >= 0.6 is 23.1 Å². The maximum Gasteiger partial charge on any atom is 0.185 e. The number of piperazine rings is 1. The smallest absolute Gasteiger partial charge is 0.185 e. The maximum atomic E-state index is 6.11. The molecule has 19 heavy (non-hydrogen) atoms. The van der Waals surface area contributed by atoms with Crippen molar-refractivity contribution in [2.75, 3.05) is 43.4 Å². The molecule has 2 aliphatic rings. The molecule has 3 heterocycles. The summed E-state index contributed by atoms with van der Waals surface area (Å²) < 4.78 is 0. The van der Waals surface area contributed by atoms with Crippen LogP contribution in [0.4, 0.5) is 5.13 Å². The Morgan fingerprint density at radius 1 is 1.42 bits per heavy atom. The fourth-order valence-electron chi connectivity index (χ4n) is 3.19. The van der Waals surface area contributed by atoms with Gasteiger partial charge in [0.25, 0.3) is 0 Å². The van der Waals surface area contributed by atoms with Crippen LogP contribution < -0.4 is 10.6 Å². The van der Waals surface area contributed by atoms with Gasteiger partial charge in [-0.15, -0.1) is 11.3 Å². The third-order valence-electron chi connectivity index (χ3n) is 4.32. The zero-order chi connectivity index (χ0) is 13.3. The van der Waals surface area contributed by atoms with Crippen LogP contribution in [0.5, 0.6) is 0 Å². The SMILES string of the molecule is CC1CC(CN)(N2CCN(c3nccs3)CC2)CS1. The number of hydrogen-bond donors (Lipinski definition) is 1. The Balaban J connectivity index is 1.63. The van der Waals surface area contributed by atoms with Crippen LogP contribution in [0, 0.1) is 0 Å². The Bertz CT molecular complexity index is 403. The molecule has 6 heteroatoms. The third-order valence-corrected chi connectivity index (χ3v) is 6.60. The monoisotopic (exact) mass is 298 g/mol. The standard InChI is InChI=1S/C13H22N4S2/c1-11-8-13(9-14,10-19-11)17-5-3-16(4-6-17)12-15-2-7-18-12/h2,7,11H,3-6,8-10,14H2,1H3. The van der Waals surface area contributed by atoms with Gasteiger partial charge in [-0.3, -0.25) is 4.90 Å². The summed E-state index contributed by atoms with van der Waals surface area (Å²) in [6.45, 7) is 7.51. The predicted octanol–water partition coefficient (Wildman–Crippen LogP) is 1.49. The molecule has 2 N–H and O–H groups in total. The molecule has 0 saturated carbocycles. The molecule has 2 unspecified atom stereocenters. The van der Waals surface area contributed by atoms with Crippen LogP contribution in [0.15, 0.2) is 11.6 Å². The molecule has 0 radical (unpaired) electrons. The second-order valence-electron chi connectivity index (χ2n) is 5.54. The highest BCUT2D eigenvalue weighted by molar-refractivity contribution is 8.00. The number of hydrogen-bond acceptors (Lipinski definition) is 6. The van der Waals surface area contributed by atoms with Gasteiger partial charge in [-0.05, 0) is 6.42 Å². The van der Waals surface area contributed by atoms with Gasteiger partial charge in [-0.1, -0.05) is 6.92 Å².